The zero-order valence-electron chi connectivity index (χ0n) is 22.3. The second-order valence-electron chi connectivity index (χ2n) is 9.12. The largest absolute Gasteiger partial charge is 0.497 e. The number of amides is 2. The Hall–Kier alpha value is -3.56. The van der Waals surface area contributed by atoms with Crippen molar-refractivity contribution in [2.24, 2.45) is 0 Å². The number of carbonyl (C=O) groups excluding carboxylic acids is 2. The Morgan fingerprint density at radius 2 is 1.67 bits per heavy atom. The smallest absolute Gasteiger partial charge is 0.244 e. The fourth-order valence-corrected chi connectivity index (χ4v) is 5.19. The molecule has 0 aromatic heterocycles. The van der Waals surface area contributed by atoms with E-state index in [0.717, 1.165) is 22.5 Å². The molecule has 1 atom stereocenters. The van der Waals surface area contributed by atoms with Crippen molar-refractivity contribution in [2.75, 3.05) is 30.8 Å². The second-order valence-corrected chi connectivity index (χ2v) is 11.5. The normalized spacial score (nSPS) is 11.9. The van der Waals surface area contributed by atoms with Crippen molar-refractivity contribution in [3.8, 4) is 5.75 Å². The summed E-state index contributed by atoms with van der Waals surface area (Å²) in [5.74, 6) is -0.399. The van der Waals surface area contributed by atoms with Crippen LogP contribution >= 0.6 is 11.6 Å². The number of methoxy groups -OCH3 is 1. The molecule has 1 N–H and O–H groups in total. The summed E-state index contributed by atoms with van der Waals surface area (Å²) in [6.07, 6.45) is 2.01. The highest BCUT2D eigenvalue weighted by Gasteiger charge is 2.33. The van der Waals surface area contributed by atoms with Gasteiger partial charge < -0.3 is 15.0 Å². The lowest BCUT2D eigenvalue weighted by Crippen LogP contribution is -2.53. The average molecular weight is 572 g/mol. The first kappa shape index (κ1) is 30.0. The van der Waals surface area contributed by atoms with Crippen LogP contribution in [0.5, 0.6) is 5.75 Å². The quantitative estimate of drug-likeness (QED) is 0.330. The molecule has 208 valence electrons. The van der Waals surface area contributed by atoms with Gasteiger partial charge in [0.15, 0.2) is 0 Å². The Labute approximate surface area is 235 Å². The minimum atomic E-state index is -3.86. The van der Waals surface area contributed by atoms with Crippen LogP contribution in [0.1, 0.15) is 24.5 Å². The lowest BCUT2D eigenvalue weighted by molar-refractivity contribution is -0.140. The zero-order chi connectivity index (χ0) is 28.4. The molecule has 0 fully saturated rings. The van der Waals surface area contributed by atoms with Crippen LogP contribution < -0.4 is 14.4 Å². The molecule has 0 saturated heterocycles. The van der Waals surface area contributed by atoms with Gasteiger partial charge in [-0.05, 0) is 41.8 Å². The van der Waals surface area contributed by atoms with Crippen LogP contribution in [0.2, 0.25) is 5.02 Å². The van der Waals surface area contributed by atoms with Crippen molar-refractivity contribution in [1.29, 1.82) is 0 Å². The van der Waals surface area contributed by atoms with Crippen molar-refractivity contribution in [1.82, 2.24) is 10.2 Å². The highest BCUT2D eigenvalue weighted by molar-refractivity contribution is 7.92. The predicted molar refractivity (Wildman–Crippen MR) is 154 cm³/mol. The SMILES string of the molecule is CCCNC(=O)[C@@H](Cc1ccccc1)N(Cc1cccc(Cl)c1)C(=O)CN(c1cccc(OC)c1)S(C)(=O)=O. The number of hydrogen-bond donors (Lipinski definition) is 1. The second kappa shape index (κ2) is 14.0. The summed E-state index contributed by atoms with van der Waals surface area (Å²) < 4.78 is 32.0. The summed E-state index contributed by atoms with van der Waals surface area (Å²) in [5, 5.41) is 3.40. The zero-order valence-corrected chi connectivity index (χ0v) is 23.9. The molecule has 3 rings (SSSR count). The van der Waals surface area contributed by atoms with Crippen LogP contribution in [0.3, 0.4) is 0 Å². The van der Waals surface area contributed by atoms with Crippen LogP contribution in [0, 0.1) is 0 Å². The number of nitrogens with zero attached hydrogens (tertiary/aromatic N) is 2. The maximum Gasteiger partial charge on any atom is 0.244 e. The highest BCUT2D eigenvalue weighted by Crippen LogP contribution is 2.24. The molecule has 2 amide bonds. The minimum Gasteiger partial charge on any atom is -0.497 e. The molecule has 0 radical (unpaired) electrons. The van der Waals surface area contributed by atoms with Crippen molar-refractivity contribution < 1.29 is 22.7 Å². The summed E-state index contributed by atoms with van der Waals surface area (Å²) in [5.41, 5.74) is 1.86. The van der Waals surface area contributed by atoms with Gasteiger partial charge in [0.2, 0.25) is 21.8 Å². The molecule has 39 heavy (non-hydrogen) atoms. The summed E-state index contributed by atoms with van der Waals surface area (Å²) in [4.78, 5) is 28.9. The van der Waals surface area contributed by atoms with E-state index < -0.39 is 28.5 Å². The van der Waals surface area contributed by atoms with Gasteiger partial charge in [-0.25, -0.2) is 8.42 Å². The maximum absolute atomic E-state index is 14.0. The van der Waals surface area contributed by atoms with E-state index in [1.807, 2.05) is 43.3 Å². The van der Waals surface area contributed by atoms with E-state index >= 15 is 0 Å². The lowest BCUT2D eigenvalue weighted by atomic mass is 10.0. The predicted octanol–water partition coefficient (Wildman–Crippen LogP) is 4.28. The highest BCUT2D eigenvalue weighted by atomic mass is 35.5. The summed E-state index contributed by atoms with van der Waals surface area (Å²) in [6.45, 7) is 1.95. The van der Waals surface area contributed by atoms with E-state index in [-0.39, 0.29) is 24.6 Å². The molecule has 10 heteroatoms. The molecule has 0 aliphatic rings. The van der Waals surface area contributed by atoms with E-state index in [1.54, 1.807) is 42.5 Å². The van der Waals surface area contributed by atoms with Crippen molar-refractivity contribution >= 4 is 39.1 Å². The van der Waals surface area contributed by atoms with Gasteiger partial charge >= 0.3 is 0 Å². The number of nitrogens with one attached hydrogen (secondary N) is 1. The molecule has 3 aromatic carbocycles. The molecule has 0 heterocycles. The Morgan fingerprint density at radius 1 is 0.974 bits per heavy atom. The Bertz CT molecular complexity index is 1370. The summed E-state index contributed by atoms with van der Waals surface area (Å²) in [6, 6.07) is 22.0. The number of anilines is 1. The average Bonchev–Trinajstić information content (AvgIpc) is 2.92. The van der Waals surface area contributed by atoms with E-state index in [9.17, 15) is 18.0 Å². The number of rotatable bonds is 13. The number of sulfonamides is 1. The van der Waals surface area contributed by atoms with Gasteiger partial charge in [0.25, 0.3) is 0 Å². The molecular weight excluding hydrogens is 538 g/mol. The molecular formula is C29H34ClN3O5S. The molecule has 0 unspecified atom stereocenters. The molecule has 3 aromatic rings. The standard InChI is InChI=1S/C29H34ClN3O5S/c1-4-16-31-29(35)27(18-22-10-6-5-7-11-22)32(20-23-12-8-13-24(30)17-23)28(34)21-33(39(3,36)37)25-14-9-15-26(19-25)38-2/h5-15,17,19,27H,4,16,18,20-21H2,1-3H3,(H,31,35)/t27-/m1/s1. The van der Waals surface area contributed by atoms with Gasteiger partial charge in [0.05, 0.1) is 19.1 Å². The van der Waals surface area contributed by atoms with Crippen LogP contribution in [-0.2, 0) is 32.6 Å². The van der Waals surface area contributed by atoms with E-state index in [2.05, 4.69) is 5.32 Å². The minimum absolute atomic E-state index is 0.0617. The Morgan fingerprint density at radius 3 is 2.31 bits per heavy atom. The third kappa shape index (κ3) is 8.73. The fraction of sp³-hybridized carbons (Fsp3) is 0.310. The van der Waals surface area contributed by atoms with Gasteiger partial charge in [0.1, 0.15) is 18.3 Å². The van der Waals surface area contributed by atoms with Gasteiger partial charge in [-0.1, -0.05) is 67.1 Å². The Kier molecular flexibility index (Phi) is 10.8. The van der Waals surface area contributed by atoms with Gasteiger partial charge in [-0.2, -0.15) is 0 Å². The molecule has 0 aliphatic carbocycles. The Balaban J connectivity index is 2.04. The summed E-state index contributed by atoms with van der Waals surface area (Å²) >= 11 is 6.22. The monoisotopic (exact) mass is 571 g/mol. The number of halogens is 1. The lowest BCUT2D eigenvalue weighted by Gasteiger charge is -2.33. The van der Waals surface area contributed by atoms with Crippen molar-refractivity contribution in [2.45, 2.75) is 32.4 Å². The first-order chi connectivity index (χ1) is 18.6. The van der Waals surface area contributed by atoms with Crippen LogP contribution in [-0.4, -0.2) is 57.6 Å². The first-order valence-corrected chi connectivity index (χ1v) is 14.8. The molecule has 0 aliphatic heterocycles. The maximum atomic E-state index is 14.0. The first-order valence-electron chi connectivity index (χ1n) is 12.6. The molecule has 8 nitrogen and oxygen atoms in total. The number of benzene rings is 3. The third-order valence-corrected chi connectivity index (χ3v) is 7.46. The van der Waals surface area contributed by atoms with Gasteiger partial charge in [-0.15, -0.1) is 0 Å². The van der Waals surface area contributed by atoms with Crippen LogP contribution in [0.25, 0.3) is 0 Å². The molecule has 0 spiro atoms. The molecule has 0 saturated carbocycles. The van der Waals surface area contributed by atoms with Crippen molar-refractivity contribution in [3.63, 3.8) is 0 Å². The molecule has 0 bridgehead atoms. The number of carbonyl (C=O) groups is 2. The number of hydrogen-bond acceptors (Lipinski definition) is 5. The van der Waals surface area contributed by atoms with Crippen LogP contribution in [0.4, 0.5) is 5.69 Å². The van der Waals surface area contributed by atoms with Crippen LogP contribution in [0.15, 0.2) is 78.9 Å². The van der Waals surface area contributed by atoms with Gasteiger partial charge in [-0.3, -0.25) is 13.9 Å². The summed E-state index contributed by atoms with van der Waals surface area (Å²) in [7, 11) is -2.38. The third-order valence-electron chi connectivity index (χ3n) is 6.08. The fourth-order valence-electron chi connectivity index (χ4n) is 4.13. The van der Waals surface area contributed by atoms with Crippen molar-refractivity contribution in [3.05, 3.63) is 95.0 Å². The number of ether oxygens (including phenoxy) is 1. The van der Waals surface area contributed by atoms with E-state index in [4.69, 9.17) is 16.3 Å². The van der Waals surface area contributed by atoms with Gasteiger partial charge in [0, 0.05) is 30.6 Å². The van der Waals surface area contributed by atoms with E-state index in [0.29, 0.717) is 22.9 Å². The van der Waals surface area contributed by atoms with E-state index in [1.165, 1.54) is 12.0 Å². The topological polar surface area (TPSA) is 96.0 Å².